The van der Waals surface area contributed by atoms with Crippen LogP contribution in [0.1, 0.15) is 34.1 Å². The number of rotatable bonds is 5. The largest absolute Gasteiger partial charge is 0.326 e. The third kappa shape index (κ3) is 4.95. The van der Waals surface area contributed by atoms with Crippen molar-refractivity contribution in [2.75, 3.05) is 5.32 Å². The summed E-state index contributed by atoms with van der Waals surface area (Å²) in [6, 6.07) is 7.72. The minimum atomic E-state index is -0.409. The standard InChI is InChI=1S/C17H22IN3O2S/c1-10(2)19-17-21(11(3)4)16(23)14(24-17)9-15(22)20-13-7-5-12(18)6-8-13/h5-8,10-11,14H,9H2,1-4H3,(H,20,22)/t14-/m1/s1. The molecule has 0 saturated carbocycles. The van der Waals surface area contributed by atoms with Crippen molar-refractivity contribution in [3.05, 3.63) is 27.8 Å². The highest BCUT2D eigenvalue weighted by Crippen LogP contribution is 2.31. The molecule has 1 atom stereocenters. The number of amidine groups is 1. The molecule has 7 heteroatoms. The first-order valence-electron chi connectivity index (χ1n) is 7.91. The fourth-order valence-corrected chi connectivity index (χ4v) is 4.06. The van der Waals surface area contributed by atoms with Crippen molar-refractivity contribution in [2.45, 2.75) is 51.4 Å². The van der Waals surface area contributed by atoms with E-state index in [-0.39, 0.29) is 30.3 Å². The first-order valence-corrected chi connectivity index (χ1v) is 9.86. The van der Waals surface area contributed by atoms with Gasteiger partial charge in [0.25, 0.3) is 0 Å². The Bertz CT molecular complexity index is 644. The molecule has 1 N–H and O–H groups in total. The van der Waals surface area contributed by atoms with Gasteiger partial charge in [-0.15, -0.1) is 0 Å². The van der Waals surface area contributed by atoms with E-state index in [4.69, 9.17) is 0 Å². The van der Waals surface area contributed by atoms with Gasteiger partial charge in [-0.2, -0.15) is 0 Å². The molecule has 1 fully saturated rings. The van der Waals surface area contributed by atoms with Gasteiger partial charge in [0.05, 0.1) is 0 Å². The number of benzene rings is 1. The average Bonchev–Trinajstić information content (AvgIpc) is 2.76. The zero-order valence-corrected chi connectivity index (χ0v) is 17.2. The Balaban J connectivity index is 2.05. The Hall–Kier alpha value is -1.09. The minimum Gasteiger partial charge on any atom is -0.326 e. The Morgan fingerprint density at radius 3 is 2.46 bits per heavy atom. The molecule has 24 heavy (non-hydrogen) atoms. The fraction of sp³-hybridized carbons (Fsp3) is 0.471. The van der Waals surface area contributed by atoms with E-state index in [1.807, 2.05) is 52.0 Å². The number of halogens is 1. The summed E-state index contributed by atoms with van der Waals surface area (Å²) in [4.78, 5) is 31.1. The summed E-state index contributed by atoms with van der Waals surface area (Å²) in [6.45, 7) is 7.88. The number of hydrogen-bond acceptors (Lipinski definition) is 4. The SMILES string of the molecule is CC(C)N=C1S[C@H](CC(=O)Nc2ccc(I)cc2)C(=O)N1C(C)C. The predicted octanol–water partition coefficient (Wildman–Crippen LogP) is 3.74. The Labute approximate surface area is 160 Å². The molecule has 0 spiro atoms. The highest BCUT2D eigenvalue weighted by Gasteiger charge is 2.40. The van der Waals surface area contributed by atoms with Crippen molar-refractivity contribution >= 4 is 57.0 Å². The Kier molecular flexibility index (Phi) is 6.68. The van der Waals surface area contributed by atoms with Crippen molar-refractivity contribution in [1.29, 1.82) is 0 Å². The van der Waals surface area contributed by atoms with Crippen LogP contribution in [0.15, 0.2) is 29.3 Å². The van der Waals surface area contributed by atoms with Crippen LogP contribution in [0, 0.1) is 3.57 Å². The number of carbonyl (C=O) groups excluding carboxylic acids is 2. The van der Waals surface area contributed by atoms with Crippen molar-refractivity contribution in [1.82, 2.24) is 4.90 Å². The van der Waals surface area contributed by atoms with Crippen LogP contribution in [-0.2, 0) is 9.59 Å². The van der Waals surface area contributed by atoms with Crippen molar-refractivity contribution in [3.63, 3.8) is 0 Å². The van der Waals surface area contributed by atoms with E-state index in [0.717, 1.165) is 14.4 Å². The Morgan fingerprint density at radius 2 is 1.92 bits per heavy atom. The average molecular weight is 459 g/mol. The van der Waals surface area contributed by atoms with E-state index in [9.17, 15) is 9.59 Å². The zero-order chi connectivity index (χ0) is 17.9. The van der Waals surface area contributed by atoms with E-state index < -0.39 is 5.25 Å². The van der Waals surface area contributed by atoms with Crippen LogP contribution >= 0.6 is 34.4 Å². The fourth-order valence-electron chi connectivity index (χ4n) is 2.32. The predicted molar refractivity (Wildman–Crippen MR) is 108 cm³/mol. The number of thioether (sulfide) groups is 1. The maximum absolute atomic E-state index is 12.6. The topological polar surface area (TPSA) is 61.8 Å². The smallest absolute Gasteiger partial charge is 0.242 e. The molecule has 1 saturated heterocycles. The second-order valence-electron chi connectivity index (χ2n) is 6.17. The van der Waals surface area contributed by atoms with Gasteiger partial charge in [-0.25, -0.2) is 0 Å². The van der Waals surface area contributed by atoms with E-state index in [2.05, 4.69) is 32.9 Å². The monoisotopic (exact) mass is 459 g/mol. The van der Waals surface area contributed by atoms with Crippen LogP contribution in [0.25, 0.3) is 0 Å². The molecule has 130 valence electrons. The number of nitrogens with zero attached hydrogens (tertiary/aromatic N) is 2. The molecule has 1 aromatic rings. The molecule has 1 aromatic carbocycles. The molecule has 1 aliphatic rings. The molecule has 0 bridgehead atoms. The zero-order valence-electron chi connectivity index (χ0n) is 14.2. The third-order valence-corrected chi connectivity index (χ3v) is 5.24. The number of hydrogen-bond donors (Lipinski definition) is 1. The van der Waals surface area contributed by atoms with Crippen molar-refractivity contribution in [2.24, 2.45) is 4.99 Å². The van der Waals surface area contributed by atoms with Crippen LogP contribution in [0.3, 0.4) is 0 Å². The summed E-state index contributed by atoms with van der Waals surface area (Å²) >= 11 is 3.60. The van der Waals surface area contributed by atoms with E-state index in [1.54, 1.807) is 4.90 Å². The van der Waals surface area contributed by atoms with E-state index >= 15 is 0 Å². The third-order valence-electron chi connectivity index (χ3n) is 3.35. The first kappa shape index (κ1) is 19.2. The molecule has 1 aliphatic heterocycles. The van der Waals surface area contributed by atoms with Crippen LogP contribution in [0.2, 0.25) is 0 Å². The molecule has 5 nitrogen and oxygen atoms in total. The second-order valence-corrected chi connectivity index (χ2v) is 8.59. The highest BCUT2D eigenvalue weighted by atomic mass is 127. The van der Waals surface area contributed by atoms with Gasteiger partial charge in [-0.05, 0) is 74.6 Å². The normalized spacial score (nSPS) is 19.6. The number of anilines is 1. The number of carbonyl (C=O) groups is 2. The van der Waals surface area contributed by atoms with Gasteiger partial charge in [0.15, 0.2) is 5.17 Å². The van der Waals surface area contributed by atoms with E-state index in [1.165, 1.54) is 11.8 Å². The molecule has 0 radical (unpaired) electrons. The van der Waals surface area contributed by atoms with Crippen LogP contribution in [0.5, 0.6) is 0 Å². The number of nitrogens with one attached hydrogen (secondary N) is 1. The summed E-state index contributed by atoms with van der Waals surface area (Å²) in [7, 11) is 0. The molecule has 1 heterocycles. The van der Waals surface area contributed by atoms with Gasteiger partial charge in [0, 0.05) is 27.8 Å². The number of amides is 2. The van der Waals surface area contributed by atoms with Gasteiger partial charge < -0.3 is 5.32 Å². The van der Waals surface area contributed by atoms with Crippen LogP contribution in [0.4, 0.5) is 5.69 Å². The quantitative estimate of drug-likeness (QED) is 0.683. The first-order chi connectivity index (χ1) is 11.3. The Morgan fingerprint density at radius 1 is 1.29 bits per heavy atom. The van der Waals surface area contributed by atoms with Gasteiger partial charge in [0.2, 0.25) is 11.8 Å². The molecular formula is C17H22IN3O2S. The van der Waals surface area contributed by atoms with Crippen molar-refractivity contribution in [3.8, 4) is 0 Å². The van der Waals surface area contributed by atoms with Gasteiger partial charge in [-0.3, -0.25) is 19.5 Å². The molecule has 0 aromatic heterocycles. The summed E-state index contributed by atoms with van der Waals surface area (Å²) in [5.41, 5.74) is 0.743. The summed E-state index contributed by atoms with van der Waals surface area (Å²) in [5, 5.41) is 3.16. The molecule has 0 unspecified atom stereocenters. The lowest BCUT2D eigenvalue weighted by molar-refractivity contribution is -0.129. The van der Waals surface area contributed by atoms with Crippen LogP contribution in [-0.4, -0.2) is 39.2 Å². The lowest BCUT2D eigenvalue weighted by atomic mass is 10.2. The highest BCUT2D eigenvalue weighted by molar-refractivity contribution is 14.1. The molecule has 2 amide bonds. The van der Waals surface area contributed by atoms with Crippen molar-refractivity contribution < 1.29 is 9.59 Å². The maximum Gasteiger partial charge on any atom is 0.242 e. The lowest BCUT2D eigenvalue weighted by Crippen LogP contribution is -2.38. The minimum absolute atomic E-state index is 0.0340. The summed E-state index contributed by atoms with van der Waals surface area (Å²) < 4.78 is 1.11. The summed E-state index contributed by atoms with van der Waals surface area (Å²) in [6.07, 6.45) is 0.149. The molecule has 0 aliphatic carbocycles. The second kappa shape index (κ2) is 8.33. The summed E-state index contributed by atoms with van der Waals surface area (Å²) in [5.74, 6) is -0.191. The molecular weight excluding hydrogens is 437 g/mol. The van der Waals surface area contributed by atoms with Crippen LogP contribution < -0.4 is 5.32 Å². The lowest BCUT2D eigenvalue weighted by Gasteiger charge is -2.21. The molecule has 2 rings (SSSR count). The van der Waals surface area contributed by atoms with Gasteiger partial charge in [0.1, 0.15) is 5.25 Å². The van der Waals surface area contributed by atoms with E-state index in [0.29, 0.717) is 0 Å². The van der Waals surface area contributed by atoms with Gasteiger partial charge in [-0.1, -0.05) is 11.8 Å². The van der Waals surface area contributed by atoms with Gasteiger partial charge >= 0.3 is 0 Å². The number of aliphatic imine (C=N–C) groups is 1. The maximum atomic E-state index is 12.6.